The smallest absolute Gasteiger partial charge is 0.269 e. The monoisotopic (exact) mass is 366 g/mol. The first-order chi connectivity index (χ1) is 12.9. The van der Waals surface area contributed by atoms with Gasteiger partial charge in [0.2, 0.25) is 5.88 Å². The normalized spacial score (nSPS) is 10.3. The third-order valence-electron chi connectivity index (χ3n) is 3.62. The number of aromatic nitrogens is 1. The summed E-state index contributed by atoms with van der Waals surface area (Å²) in [6, 6.07) is 13.2. The maximum absolute atomic E-state index is 12.5. The maximum atomic E-state index is 12.5. The second-order valence-corrected chi connectivity index (χ2v) is 5.59. The van der Waals surface area contributed by atoms with Gasteiger partial charge in [0, 0.05) is 23.8 Å². The average molecular weight is 366 g/mol. The number of benzene rings is 2. The molecular formula is C18H14N4O5. The summed E-state index contributed by atoms with van der Waals surface area (Å²) in [5, 5.41) is 19.6. The number of nitro benzene ring substituents is 1. The molecule has 0 radical (unpaired) electrons. The minimum Gasteiger partial charge on any atom is -0.338 e. The molecular weight excluding hydrogens is 352 g/mol. The highest BCUT2D eigenvalue weighted by Crippen LogP contribution is 2.19. The number of aryl methyl sites for hydroxylation is 1. The molecule has 0 atom stereocenters. The molecule has 1 heterocycles. The van der Waals surface area contributed by atoms with Gasteiger partial charge in [0.25, 0.3) is 17.5 Å². The number of rotatable bonds is 5. The van der Waals surface area contributed by atoms with E-state index < -0.39 is 16.7 Å². The van der Waals surface area contributed by atoms with Crippen LogP contribution in [0.2, 0.25) is 0 Å². The number of anilines is 2. The van der Waals surface area contributed by atoms with Crippen molar-refractivity contribution in [3.8, 4) is 0 Å². The lowest BCUT2D eigenvalue weighted by Gasteiger charge is -2.10. The molecule has 2 aromatic carbocycles. The summed E-state index contributed by atoms with van der Waals surface area (Å²) in [5.41, 5.74) is 1.23. The Bertz CT molecular complexity index is 1010. The Labute approximate surface area is 153 Å². The molecule has 0 unspecified atom stereocenters. The fraction of sp³-hybridized carbons (Fsp3) is 0.0556. The summed E-state index contributed by atoms with van der Waals surface area (Å²) in [5.74, 6) is -0.791. The number of amides is 2. The minimum atomic E-state index is -0.549. The second kappa shape index (κ2) is 7.48. The third-order valence-corrected chi connectivity index (χ3v) is 3.62. The first-order valence-electron chi connectivity index (χ1n) is 7.83. The lowest BCUT2D eigenvalue weighted by Crippen LogP contribution is -2.18. The van der Waals surface area contributed by atoms with Crippen molar-refractivity contribution in [2.75, 3.05) is 10.6 Å². The van der Waals surface area contributed by atoms with Crippen LogP contribution in [0, 0.1) is 17.0 Å². The predicted molar refractivity (Wildman–Crippen MR) is 96.7 cm³/mol. The average Bonchev–Trinajstić information content (AvgIpc) is 3.06. The molecule has 136 valence electrons. The predicted octanol–water partition coefficient (Wildman–Crippen LogP) is 3.40. The van der Waals surface area contributed by atoms with Crippen LogP contribution in [0.15, 0.2) is 59.1 Å². The van der Waals surface area contributed by atoms with E-state index >= 15 is 0 Å². The number of hydrogen-bond acceptors (Lipinski definition) is 6. The van der Waals surface area contributed by atoms with Crippen molar-refractivity contribution in [3.63, 3.8) is 0 Å². The number of nitrogens with zero attached hydrogens (tertiary/aromatic N) is 2. The number of carbonyl (C=O) groups is 2. The van der Waals surface area contributed by atoms with Crippen LogP contribution in [0.25, 0.3) is 0 Å². The van der Waals surface area contributed by atoms with E-state index in [4.69, 9.17) is 4.52 Å². The summed E-state index contributed by atoms with van der Waals surface area (Å²) >= 11 is 0. The molecule has 1 aromatic heterocycles. The summed E-state index contributed by atoms with van der Waals surface area (Å²) < 4.78 is 4.95. The van der Waals surface area contributed by atoms with Gasteiger partial charge in [0.05, 0.1) is 21.9 Å². The third kappa shape index (κ3) is 4.15. The molecule has 3 aromatic rings. The van der Waals surface area contributed by atoms with Crippen LogP contribution in [0.4, 0.5) is 17.3 Å². The highest BCUT2D eigenvalue weighted by atomic mass is 16.6. The first-order valence-corrected chi connectivity index (χ1v) is 7.83. The van der Waals surface area contributed by atoms with Gasteiger partial charge in [-0.25, -0.2) is 0 Å². The number of nitrogens with one attached hydrogen (secondary N) is 2. The Hall–Kier alpha value is -4.01. The van der Waals surface area contributed by atoms with E-state index in [-0.39, 0.29) is 28.4 Å². The Morgan fingerprint density at radius 1 is 1.04 bits per heavy atom. The highest BCUT2D eigenvalue weighted by Gasteiger charge is 2.16. The topological polar surface area (TPSA) is 127 Å². The Morgan fingerprint density at radius 2 is 1.74 bits per heavy atom. The van der Waals surface area contributed by atoms with Crippen LogP contribution < -0.4 is 10.6 Å². The number of para-hydroxylation sites is 1. The van der Waals surface area contributed by atoms with E-state index in [1.807, 2.05) is 0 Å². The van der Waals surface area contributed by atoms with E-state index in [1.165, 1.54) is 24.3 Å². The van der Waals surface area contributed by atoms with Gasteiger partial charge < -0.3 is 9.84 Å². The van der Waals surface area contributed by atoms with E-state index in [0.29, 0.717) is 5.69 Å². The van der Waals surface area contributed by atoms with Gasteiger partial charge in [-0.1, -0.05) is 17.3 Å². The molecule has 9 heteroatoms. The van der Waals surface area contributed by atoms with Crippen molar-refractivity contribution < 1.29 is 19.0 Å². The van der Waals surface area contributed by atoms with Crippen molar-refractivity contribution in [1.29, 1.82) is 0 Å². The van der Waals surface area contributed by atoms with Gasteiger partial charge in [0.1, 0.15) is 0 Å². The van der Waals surface area contributed by atoms with Gasteiger partial charge in [-0.2, -0.15) is 0 Å². The zero-order valence-electron chi connectivity index (χ0n) is 14.1. The molecule has 0 bridgehead atoms. The van der Waals surface area contributed by atoms with E-state index in [9.17, 15) is 19.7 Å². The molecule has 2 N–H and O–H groups in total. The second-order valence-electron chi connectivity index (χ2n) is 5.59. The van der Waals surface area contributed by atoms with Gasteiger partial charge >= 0.3 is 0 Å². The molecule has 9 nitrogen and oxygen atoms in total. The van der Waals surface area contributed by atoms with Crippen LogP contribution in [0.3, 0.4) is 0 Å². The number of hydrogen-bond donors (Lipinski definition) is 2. The summed E-state index contributed by atoms with van der Waals surface area (Å²) in [4.78, 5) is 35.0. The van der Waals surface area contributed by atoms with Crippen LogP contribution in [-0.2, 0) is 0 Å². The number of carbonyl (C=O) groups excluding carboxylic acids is 2. The van der Waals surface area contributed by atoms with Gasteiger partial charge in [-0.05, 0) is 31.2 Å². The van der Waals surface area contributed by atoms with Crippen molar-refractivity contribution >= 4 is 29.1 Å². The van der Waals surface area contributed by atoms with Crippen molar-refractivity contribution in [2.24, 2.45) is 0 Å². The number of nitro groups is 1. The van der Waals surface area contributed by atoms with Crippen LogP contribution in [-0.4, -0.2) is 21.9 Å². The highest BCUT2D eigenvalue weighted by molar-refractivity contribution is 6.12. The SMILES string of the molecule is Cc1cc(NC(=O)c2ccccc2NC(=O)c2ccc([N+](=O)[O-])cc2)on1. The van der Waals surface area contributed by atoms with Crippen molar-refractivity contribution in [3.05, 3.63) is 81.5 Å². The molecule has 0 aliphatic heterocycles. The number of non-ortho nitro benzene ring substituents is 1. The van der Waals surface area contributed by atoms with Gasteiger partial charge in [-0.3, -0.25) is 25.0 Å². The molecule has 27 heavy (non-hydrogen) atoms. The van der Waals surface area contributed by atoms with Gasteiger partial charge in [-0.15, -0.1) is 0 Å². The van der Waals surface area contributed by atoms with Crippen LogP contribution >= 0.6 is 0 Å². The lowest BCUT2D eigenvalue weighted by molar-refractivity contribution is -0.384. The zero-order valence-corrected chi connectivity index (χ0v) is 14.1. The summed E-state index contributed by atoms with van der Waals surface area (Å²) in [6.07, 6.45) is 0. The van der Waals surface area contributed by atoms with Crippen molar-refractivity contribution in [1.82, 2.24) is 5.16 Å². The molecule has 0 aliphatic carbocycles. The summed E-state index contributed by atoms with van der Waals surface area (Å²) in [6.45, 7) is 1.72. The molecule has 0 saturated heterocycles. The van der Waals surface area contributed by atoms with E-state index in [2.05, 4.69) is 15.8 Å². The Balaban J connectivity index is 1.78. The minimum absolute atomic E-state index is 0.117. The molecule has 2 amide bonds. The fourth-order valence-electron chi connectivity index (χ4n) is 2.32. The lowest BCUT2D eigenvalue weighted by atomic mass is 10.1. The molecule has 0 aliphatic rings. The van der Waals surface area contributed by atoms with Crippen LogP contribution in [0.1, 0.15) is 26.4 Å². The standard InChI is InChI=1S/C18H14N4O5/c1-11-10-16(27-21-11)20-18(24)14-4-2-3-5-15(14)19-17(23)12-6-8-13(9-7-12)22(25)26/h2-10H,1H3,(H,19,23)(H,20,24). The summed E-state index contributed by atoms with van der Waals surface area (Å²) in [7, 11) is 0. The molecule has 3 rings (SSSR count). The maximum Gasteiger partial charge on any atom is 0.269 e. The Morgan fingerprint density at radius 3 is 2.37 bits per heavy atom. The molecule has 0 fully saturated rings. The van der Waals surface area contributed by atoms with Crippen LogP contribution in [0.5, 0.6) is 0 Å². The van der Waals surface area contributed by atoms with E-state index in [1.54, 1.807) is 37.3 Å². The Kier molecular flexibility index (Phi) is 4.93. The molecule has 0 spiro atoms. The zero-order chi connectivity index (χ0) is 19.4. The largest absolute Gasteiger partial charge is 0.338 e. The fourth-order valence-corrected chi connectivity index (χ4v) is 2.32. The first kappa shape index (κ1) is 17.8. The van der Waals surface area contributed by atoms with Gasteiger partial charge in [0.15, 0.2) is 0 Å². The quantitative estimate of drug-likeness (QED) is 0.526. The molecule has 0 saturated carbocycles. The van der Waals surface area contributed by atoms with E-state index in [0.717, 1.165) is 0 Å². The van der Waals surface area contributed by atoms with Crippen molar-refractivity contribution in [2.45, 2.75) is 6.92 Å².